The Labute approximate surface area is 209 Å². The van der Waals surface area contributed by atoms with E-state index in [1.54, 1.807) is 19.2 Å². The van der Waals surface area contributed by atoms with Crippen molar-refractivity contribution in [1.29, 1.82) is 0 Å². The fourth-order valence-electron chi connectivity index (χ4n) is 4.39. The number of carbonyl (C=O) groups is 2. The van der Waals surface area contributed by atoms with E-state index in [2.05, 4.69) is 0 Å². The lowest BCUT2D eigenvalue weighted by molar-refractivity contribution is -0.139. The molecule has 3 aromatic carbocycles. The Morgan fingerprint density at radius 1 is 1.00 bits per heavy atom. The second kappa shape index (κ2) is 10.2. The van der Waals surface area contributed by atoms with Crippen LogP contribution in [0.3, 0.4) is 0 Å². The summed E-state index contributed by atoms with van der Waals surface area (Å²) < 4.78 is 10.6. The van der Waals surface area contributed by atoms with Gasteiger partial charge in [-0.15, -0.1) is 0 Å². The maximum atomic E-state index is 13.3. The smallest absolute Gasteiger partial charge is 0.295 e. The summed E-state index contributed by atoms with van der Waals surface area (Å²) in [6.07, 6.45) is 0.528. The summed E-state index contributed by atoms with van der Waals surface area (Å²) >= 11 is 6.34. The average Bonchev–Trinajstić information content (AvgIpc) is 3.12. The molecule has 1 amide bonds. The van der Waals surface area contributed by atoms with E-state index >= 15 is 0 Å². The molecule has 0 spiro atoms. The lowest BCUT2D eigenvalue weighted by Crippen LogP contribution is -2.31. The van der Waals surface area contributed by atoms with Gasteiger partial charge in [0.1, 0.15) is 17.3 Å². The molecule has 3 aromatic rings. The van der Waals surface area contributed by atoms with Crippen LogP contribution in [0.15, 0.2) is 72.3 Å². The summed E-state index contributed by atoms with van der Waals surface area (Å²) in [5.74, 6) is -0.737. The van der Waals surface area contributed by atoms with Gasteiger partial charge in [0.05, 0.1) is 36.4 Å². The molecule has 1 saturated heterocycles. The van der Waals surface area contributed by atoms with Crippen molar-refractivity contribution in [3.8, 4) is 11.5 Å². The summed E-state index contributed by atoms with van der Waals surface area (Å²) in [5, 5.41) is 11.7. The van der Waals surface area contributed by atoms with Crippen molar-refractivity contribution in [2.45, 2.75) is 19.4 Å². The van der Waals surface area contributed by atoms with Gasteiger partial charge in [-0.2, -0.15) is 0 Å². The van der Waals surface area contributed by atoms with Crippen LogP contribution in [0.5, 0.6) is 11.5 Å². The molecule has 180 valence electrons. The number of hydrogen-bond donors (Lipinski definition) is 1. The van der Waals surface area contributed by atoms with Gasteiger partial charge in [-0.05, 0) is 54.3 Å². The van der Waals surface area contributed by atoms with Crippen molar-refractivity contribution in [3.05, 3.63) is 99.6 Å². The first-order valence-corrected chi connectivity index (χ1v) is 11.5. The van der Waals surface area contributed by atoms with E-state index in [1.807, 2.05) is 61.5 Å². The second-order valence-electron chi connectivity index (χ2n) is 8.33. The van der Waals surface area contributed by atoms with Crippen LogP contribution in [0.2, 0.25) is 5.02 Å². The van der Waals surface area contributed by atoms with Gasteiger partial charge < -0.3 is 19.5 Å². The molecule has 0 aromatic heterocycles. The van der Waals surface area contributed by atoms with E-state index in [4.69, 9.17) is 21.1 Å². The number of amides is 1. The molecule has 1 N–H and O–H groups in total. The van der Waals surface area contributed by atoms with Crippen molar-refractivity contribution in [2.75, 3.05) is 20.8 Å². The molecule has 1 atom stereocenters. The molecule has 1 aliphatic heterocycles. The maximum Gasteiger partial charge on any atom is 0.295 e. The van der Waals surface area contributed by atoms with Crippen LogP contribution in [-0.4, -0.2) is 42.5 Å². The summed E-state index contributed by atoms with van der Waals surface area (Å²) in [6.45, 7) is 2.11. The number of ether oxygens (including phenoxy) is 2. The zero-order valence-electron chi connectivity index (χ0n) is 19.7. The lowest BCUT2D eigenvalue weighted by atomic mass is 9.94. The molecule has 4 rings (SSSR count). The number of carbonyl (C=O) groups excluding carboxylic acids is 2. The van der Waals surface area contributed by atoms with Crippen molar-refractivity contribution >= 4 is 29.1 Å². The molecular weight excluding hydrogens is 466 g/mol. The van der Waals surface area contributed by atoms with Crippen LogP contribution in [-0.2, 0) is 16.0 Å². The molecule has 0 aliphatic carbocycles. The third kappa shape index (κ3) is 4.75. The highest BCUT2D eigenvalue weighted by Crippen LogP contribution is 2.42. The van der Waals surface area contributed by atoms with Gasteiger partial charge >= 0.3 is 0 Å². The molecule has 1 heterocycles. The van der Waals surface area contributed by atoms with Crippen molar-refractivity contribution < 1.29 is 24.2 Å². The fraction of sp³-hybridized carbons (Fsp3) is 0.214. The standard InChI is InChI=1S/C28H26ClNO5/c1-17-15-21(27(35-3)22(29)16-17)25(31)23-24(19-7-5-4-6-8-19)30(28(33)26(23)32)14-13-18-9-11-20(34-2)12-10-18/h4-12,15-16,24,31H,13-14H2,1-3H3/b25-23+. The van der Waals surface area contributed by atoms with E-state index in [9.17, 15) is 14.7 Å². The molecule has 0 bridgehead atoms. The van der Waals surface area contributed by atoms with Crippen LogP contribution >= 0.6 is 11.6 Å². The quantitative estimate of drug-likeness (QED) is 0.274. The Balaban J connectivity index is 1.79. The minimum absolute atomic E-state index is 0.0101. The fourth-order valence-corrected chi connectivity index (χ4v) is 4.74. The SMILES string of the molecule is COc1ccc(CCN2C(=O)C(=O)/C(=C(/O)c3cc(C)cc(Cl)c3OC)C2c2ccccc2)cc1. The molecule has 1 aliphatic rings. The number of likely N-dealkylation sites (tertiary alicyclic amines) is 1. The molecule has 6 nitrogen and oxygen atoms in total. The van der Waals surface area contributed by atoms with E-state index in [0.29, 0.717) is 18.0 Å². The highest BCUT2D eigenvalue weighted by atomic mass is 35.5. The normalized spacial score (nSPS) is 17.0. The number of halogens is 1. The van der Waals surface area contributed by atoms with E-state index < -0.39 is 17.7 Å². The highest BCUT2D eigenvalue weighted by molar-refractivity contribution is 6.46. The Bertz CT molecular complexity index is 1280. The Kier molecular flexibility index (Phi) is 7.12. The van der Waals surface area contributed by atoms with E-state index in [0.717, 1.165) is 22.4 Å². The molecule has 0 saturated carbocycles. The zero-order valence-corrected chi connectivity index (χ0v) is 20.5. The van der Waals surface area contributed by atoms with Gasteiger partial charge in [0, 0.05) is 6.54 Å². The Hall–Kier alpha value is -3.77. The number of methoxy groups -OCH3 is 2. The number of nitrogens with zero attached hydrogens (tertiary/aromatic N) is 1. The number of ketones is 1. The van der Waals surface area contributed by atoms with E-state index in [1.165, 1.54) is 12.0 Å². The van der Waals surface area contributed by atoms with Crippen LogP contribution < -0.4 is 9.47 Å². The molecule has 7 heteroatoms. The summed E-state index contributed by atoms with van der Waals surface area (Å²) in [5.41, 5.74) is 2.78. The second-order valence-corrected chi connectivity index (χ2v) is 8.74. The first-order valence-electron chi connectivity index (χ1n) is 11.2. The largest absolute Gasteiger partial charge is 0.507 e. The van der Waals surface area contributed by atoms with E-state index in [-0.39, 0.29) is 22.6 Å². The van der Waals surface area contributed by atoms with Gasteiger partial charge in [0.2, 0.25) is 0 Å². The first kappa shape index (κ1) is 24.4. The lowest BCUT2D eigenvalue weighted by Gasteiger charge is -2.25. The van der Waals surface area contributed by atoms with Crippen molar-refractivity contribution in [2.24, 2.45) is 0 Å². The predicted octanol–water partition coefficient (Wildman–Crippen LogP) is 5.33. The summed E-state index contributed by atoms with van der Waals surface area (Å²) in [4.78, 5) is 28.0. The van der Waals surface area contributed by atoms with Crippen LogP contribution in [0.25, 0.3) is 5.76 Å². The third-order valence-corrected chi connectivity index (χ3v) is 6.38. The third-order valence-electron chi connectivity index (χ3n) is 6.10. The van der Waals surface area contributed by atoms with Gasteiger partial charge in [-0.1, -0.05) is 54.1 Å². The van der Waals surface area contributed by atoms with Crippen LogP contribution in [0, 0.1) is 6.92 Å². The summed E-state index contributed by atoms with van der Waals surface area (Å²) in [6, 6.07) is 19.4. The maximum absolute atomic E-state index is 13.3. The number of aryl methyl sites for hydroxylation is 1. The van der Waals surface area contributed by atoms with Gasteiger partial charge in [0.25, 0.3) is 11.7 Å². The number of aliphatic hydroxyl groups is 1. The Morgan fingerprint density at radius 2 is 1.69 bits per heavy atom. The summed E-state index contributed by atoms with van der Waals surface area (Å²) in [7, 11) is 3.04. The first-order chi connectivity index (χ1) is 16.8. The van der Waals surface area contributed by atoms with Crippen LogP contribution in [0.1, 0.15) is 28.3 Å². The average molecular weight is 492 g/mol. The predicted molar refractivity (Wildman–Crippen MR) is 135 cm³/mol. The van der Waals surface area contributed by atoms with Crippen molar-refractivity contribution in [3.63, 3.8) is 0 Å². The van der Waals surface area contributed by atoms with Gasteiger partial charge in [0.15, 0.2) is 0 Å². The number of benzene rings is 3. The van der Waals surface area contributed by atoms with Gasteiger partial charge in [-0.25, -0.2) is 0 Å². The monoisotopic (exact) mass is 491 g/mol. The number of aliphatic hydroxyl groups excluding tert-OH is 1. The molecule has 1 unspecified atom stereocenters. The van der Waals surface area contributed by atoms with Crippen LogP contribution in [0.4, 0.5) is 0 Å². The van der Waals surface area contributed by atoms with Gasteiger partial charge in [-0.3, -0.25) is 9.59 Å². The minimum atomic E-state index is -0.751. The number of rotatable bonds is 7. The van der Waals surface area contributed by atoms with Crippen molar-refractivity contribution in [1.82, 2.24) is 4.90 Å². The highest BCUT2D eigenvalue weighted by Gasteiger charge is 2.46. The molecular formula is C28H26ClNO5. The molecule has 35 heavy (non-hydrogen) atoms. The zero-order chi connectivity index (χ0) is 25.1. The molecule has 1 fully saturated rings. The molecule has 0 radical (unpaired) electrons. The topological polar surface area (TPSA) is 76.1 Å². The number of hydrogen-bond acceptors (Lipinski definition) is 5. The minimum Gasteiger partial charge on any atom is -0.507 e. The number of Topliss-reactive ketones (excluding diaryl/α,β-unsaturated/α-hetero) is 1. The Morgan fingerprint density at radius 3 is 2.31 bits per heavy atom.